The number of halogens is 6. The van der Waals surface area contributed by atoms with Crippen molar-refractivity contribution in [3.8, 4) is 11.5 Å². The highest BCUT2D eigenvalue weighted by Gasteiger charge is 2.31. The standard InChI is InChI=1S/C17H11Cl2F3O5.C14H20ClNO2.C5H12NO4P/c1-8(15(23)24)26-16(25)11-7-10(3-4-12(11)18)27-14-5-2-9(6-13(14)19)17(20,21)22;1-4-11-7-6-8-12(5-2)14(11)16(10-18-3)13(17)9-15;1-11(9,10)3-2-4(6)5(7)8/h2-8H,1H3,(H,23,24);6-8H,4-5,9-10H2,1-3H3;4H,2-3,6H2,1H3,(H,7,8)(H,9,10)/t8-;;/m0../s1. The van der Waals surface area contributed by atoms with Crippen molar-refractivity contribution in [3.63, 3.8) is 0 Å². The molecule has 0 spiro atoms. The maximum atomic E-state index is 12.7. The predicted molar refractivity (Wildman–Crippen MR) is 207 cm³/mol. The maximum Gasteiger partial charge on any atom is 0.416 e. The van der Waals surface area contributed by atoms with Gasteiger partial charge in [-0.25, -0.2) is 9.59 Å². The molecule has 0 fully saturated rings. The lowest BCUT2D eigenvalue weighted by molar-refractivity contribution is -0.146. The van der Waals surface area contributed by atoms with Gasteiger partial charge in [-0.05, 0) is 73.7 Å². The lowest BCUT2D eigenvalue weighted by atomic mass is 10.0. The first-order chi connectivity index (χ1) is 26.0. The molecule has 3 aromatic carbocycles. The molecule has 5 N–H and O–H groups in total. The van der Waals surface area contributed by atoms with E-state index in [1.807, 2.05) is 18.2 Å². The number of para-hydroxylation sites is 1. The lowest BCUT2D eigenvalue weighted by Gasteiger charge is -2.26. The summed E-state index contributed by atoms with van der Waals surface area (Å²) in [6, 6.07) is 11.4. The molecule has 0 radical (unpaired) electrons. The predicted octanol–water partition coefficient (Wildman–Crippen LogP) is 8.11. The van der Waals surface area contributed by atoms with E-state index in [0.29, 0.717) is 6.07 Å². The van der Waals surface area contributed by atoms with Crippen LogP contribution in [0.25, 0.3) is 0 Å². The van der Waals surface area contributed by atoms with Crippen LogP contribution in [-0.2, 0) is 47.4 Å². The highest BCUT2D eigenvalue weighted by molar-refractivity contribution is 7.57. The quantitative estimate of drug-likeness (QED) is 0.0495. The van der Waals surface area contributed by atoms with Crippen molar-refractivity contribution < 1.29 is 66.2 Å². The van der Waals surface area contributed by atoms with E-state index in [4.69, 9.17) is 69.9 Å². The number of amides is 1. The van der Waals surface area contributed by atoms with Gasteiger partial charge in [0.1, 0.15) is 30.2 Å². The zero-order valence-electron chi connectivity index (χ0n) is 30.9. The van der Waals surface area contributed by atoms with Crippen molar-refractivity contribution in [2.24, 2.45) is 5.73 Å². The number of aryl methyl sites for hydroxylation is 2. The summed E-state index contributed by atoms with van der Waals surface area (Å²) < 4.78 is 63.9. The second-order valence-electron chi connectivity index (χ2n) is 11.8. The molecule has 310 valence electrons. The van der Waals surface area contributed by atoms with Gasteiger partial charge in [-0.2, -0.15) is 13.2 Å². The van der Waals surface area contributed by atoms with Gasteiger partial charge in [-0.1, -0.05) is 55.2 Å². The number of nitrogens with zero attached hydrogens (tertiary/aromatic N) is 1. The zero-order chi connectivity index (χ0) is 43.0. The summed E-state index contributed by atoms with van der Waals surface area (Å²) in [5.41, 5.74) is 7.21. The number of carbonyl (C=O) groups is 4. The molecular weight excluding hydrogens is 831 g/mol. The van der Waals surface area contributed by atoms with Crippen LogP contribution >= 0.6 is 42.2 Å². The van der Waals surface area contributed by atoms with Crippen LogP contribution in [0.4, 0.5) is 18.9 Å². The summed E-state index contributed by atoms with van der Waals surface area (Å²) >= 11 is 17.4. The van der Waals surface area contributed by atoms with Gasteiger partial charge in [0.15, 0.2) is 13.5 Å². The summed E-state index contributed by atoms with van der Waals surface area (Å²) in [6.45, 7) is 6.73. The van der Waals surface area contributed by atoms with Crippen molar-refractivity contribution in [2.75, 3.05) is 37.4 Å². The number of carbonyl (C=O) groups excluding carboxylic acids is 2. The van der Waals surface area contributed by atoms with Crippen LogP contribution in [0.2, 0.25) is 10.0 Å². The average Bonchev–Trinajstić information content (AvgIpc) is 3.13. The summed E-state index contributed by atoms with van der Waals surface area (Å²) in [6.07, 6.45) is -4.21. The summed E-state index contributed by atoms with van der Waals surface area (Å²) in [5, 5.41) is 16.7. The minimum Gasteiger partial charge on any atom is -0.480 e. The molecule has 0 bridgehead atoms. The van der Waals surface area contributed by atoms with E-state index in [0.717, 1.165) is 54.8 Å². The number of methoxy groups -OCH3 is 1. The Balaban J connectivity index is 0.000000465. The number of carboxylic acid groups (broad SMARTS) is 2. The molecule has 0 saturated carbocycles. The third kappa shape index (κ3) is 16.7. The number of anilines is 1. The van der Waals surface area contributed by atoms with E-state index in [9.17, 15) is 36.9 Å². The van der Waals surface area contributed by atoms with E-state index in [2.05, 4.69) is 13.8 Å². The number of hydrogen-bond donors (Lipinski definition) is 4. The minimum atomic E-state index is -4.56. The number of esters is 1. The van der Waals surface area contributed by atoms with Gasteiger partial charge in [-0.3, -0.25) is 19.1 Å². The van der Waals surface area contributed by atoms with Gasteiger partial charge in [0.25, 0.3) is 0 Å². The molecule has 3 aromatic rings. The number of hydrogen-bond acceptors (Lipinski definition) is 9. The second-order valence-corrected chi connectivity index (χ2v) is 15.4. The number of rotatable bonds is 15. The van der Waals surface area contributed by atoms with Crippen molar-refractivity contribution >= 4 is 71.7 Å². The molecule has 2 unspecified atom stereocenters. The third-order valence-electron chi connectivity index (χ3n) is 7.36. The van der Waals surface area contributed by atoms with Crippen LogP contribution in [-0.4, -0.2) is 83.6 Å². The number of nitrogens with two attached hydrogens (primary N) is 1. The average molecular weight is 874 g/mol. The molecule has 0 saturated heterocycles. The minimum absolute atomic E-state index is 0.0246. The van der Waals surface area contributed by atoms with E-state index in [-0.39, 0.29) is 58.2 Å². The van der Waals surface area contributed by atoms with E-state index in [1.54, 1.807) is 12.0 Å². The molecule has 0 aliphatic rings. The molecule has 13 nitrogen and oxygen atoms in total. The first kappa shape index (κ1) is 50.1. The molecule has 0 aromatic heterocycles. The Labute approximate surface area is 336 Å². The van der Waals surface area contributed by atoms with Crippen molar-refractivity contribution in [2.45, 2.75) is 58.4 Å². The largest absolute Gasteiger partial charge is 0.480 e. The lowest BCUT2D eigenvalue weighted by Crippen LogP contribution is -2.35. The van der Waals surface area contributed by atoms with Crippen LogP contribution in [0.5, 0.6) is 11.5 Å². The Morgan fingerprint density at radius 3 is 1.98 bits per heavy atom. The topological polar surface area (TPSA) is 203 Å². The normalized spacial score (nSPS) is 13.0. The molecule has 0 aliphatic carbocycles. The highest BCUT2D eigenvalue weighted by Crippen LogP contribution is 2.37. The maximum absolute atomic E-state index is 12.7. The smallest absolute Gasteiger partial charge is 0.416 e. The highest BCUT2D eigenvalue weighted by atomic mass is 35.5. The van der Waals surface area contributed by atoms with Gasteiger partial charge in [0.2, 0.25) is 5.91 Å². The third-order valence-corrected chi connectivity index (χ3v) is 9.30. The molecule has 0 aliphatic heterocycles. The molecule has 3 rings (SSSR count). The SMILES string of the molecule is CCc1cccc(CC)c1N(COC)C(=O)CCl.CP(=O)(O)CCC(N)C(=O)O.C[C@H](OC(=O)c1cc(Oc2ccc(C(F)(F)F)cc2Cl)ccc1Cl)C(=O)O. The summed E-state index contributed by atoms with van der Waals surface area (Å²) in [4.78, 5) is 55.3. The van der Waals surface area contributed by atoms with Crippen molar-refractivity contribution in [3.05, 3.63) is 86.9 Å². The van der Waals surface area contributed by atoms with Crippen LogP contribution in [0, 0.1) is 0 Å². The molecule has 20 heteroatoms. The van der Waals surface area contributed by atoms with Crippen molar-refractivity contribution in [1.82, 2.24) is 0 Å². The first-order valence-corrected chi connectivity index (χ1v) is 20.1. The molecule has 0 heterocycles. The Hall–Kier alpha value is -3.89. The zero-order valence-corrected chi connectivity index (χ0v) is 34.1. The Bertz CT molecular complexity index is 1840. The van der Waals surface area contributed by atoms with E-state index < -0.39 is 49.2 Å². The number of aliphatic carboxylic acids is 2. The number of ether oxygens (including phenoxy) is 3. The summed E-state index contributed by atoms with van der Waals surface area (Å²) in [5.74, 6) is -3.69. The van der Waals surface area contributed by atoms with E-state index in [1.165, 1.54) is 18.8 Å². The number of benzene rings is 3. The Kier molecular flexibility index (Phi) is 20.9. The fourth-order valence-corrected chi connectivity index (χ4v) is 5.73. The Morgan fingerprint density at radius 1 is 0.946 bits per heavy atom. The van der Waals surface area contributed by atoms with Crippen LogP contribution < -0.4 is 15.4 Å². The monoisotopic (exact) mass is 872 g/mol. The van der Waals surface area contributed by atoms with Crippen LogP contribution in [0.1, 0.15) is 54.2 Å². The van der Waals surface area contributed by atoms with Gasteiger partial charge in [-0.15, -0.1) is 11.6 Å². The fraction of sp³-hybridized carbons (Fsp3) is 0.389. The van der Waals surface area contributed by atoms with Gasteiger partial charge >= 0.3 is 24.1 Å². The van der Waals surface area contributed by atoms with Crippen LogP contribution in [0.3, 0.4) is 0 Å². The molecular formula is C36H43Cl3F3N2O11P. The van der Waals surface area contributed by atoms with Gasteiger partial charge in [0.05, 0.1) is 26.9 Å². The number of alkyl halides is 4. The second kappa shape index (κ2) is 23.4. The number of carboxylic acids is 2. The molecule has 1 amide bonds. The van der Waals surface area contributed by atoms with E-state index >= 15 is 0 Å². The Morgan fingerprint density at radius 2 is 1.54 bits per heavy atom. The van der Waals surface area contributed by atoms with Gasteiger partial charge < -0.3 is 35.1 Å². The summed E-state index contributed by atoms with van der Waals surface area (Å²) in [7, 11) is -1.52. The van der Waals surface area contributed by atoms with Crippen molar-refractivity contribution in [1.29, 1.82) is 0 Å². The van der Waals surface area contributed by atoms with Crippen LogP contribution in [0.15, 0.2) is 54.6 Å². The molecule has 3 atom stereocenters. The molecule has 56 heavy (non-hydrogen) atoms. The fourth-order valence-electron chi connectivity index (χ4n) is 4.41. The first-order valence-electron chi connectivity index (χ1n) is 16.5. The van der Waals surface area contributed by atoms with Gasteiger partial charge in [0, 0.05) is 19.9 Å².